The zero-order valence-corrected chi connectivity index (χ0v) is 22.2. The van der Waals surface area contributed by atoms with Crippen LogP contribution in [0.1, 0.15) is 29.1 Å². The Bertz CT molecular complexity index is 1670. The zero-order chi connectivity index (χ0) is 29.1. The topological polar surface area (TPSA) is 172 Å². The zero-order valence-electron chi connectivity index (χ0n) is 22.2. The maximum absolute atomic E-state index is 12.1. The fourth-order valence-corrected chi connectivity index (χ4v) is 4.76. The quantitative estimate of drug-likeness (QED) is 0.278. The van der Waals surface area contributed by atoms with E-state index in [-0.39, 0.29) is 24.1 Å². The van der Waals surface area contributed by atoms with Crippen LogP contribution in [-0.2, 0) is 14.2 Å². The van der Waals surface area contributed by atoms with E-state index in [1.54, 1.807) is 11.5 Å². The summed E-state index contributed by atoms with van der Waals surface area (Å²) in [4.78, 5) is 41.1. The monoisotopic (exact) mass is 571 g/mol. The van der Waals surface area contributed by atoms with Gasteiger partial charge in [-0.2, -0.15) is 0 Å². The summed E-state index contributed by atoms with van der Waals surface area (Å²) in [5, 5.41) is 15.0. The number of aromatic carboxylic acids is 1. The van der Waals surface area contributed by atoms with Crippen molar-refractivity contribution in [3.8, 4) is 17.7 Å². The summed E-state index contributed by atoms with van der Waals surface area (Å²) in [5.41, 5.74) is 1.35. The number of hydrogen-bond donors (Lipinski definition) is 3. The van der Waals surface area contributed by atoms with Gasteiger partial charge in [0.2, 0.25) is 5.88 Å². The van der Waals surface area contributed by atoms with Gasteiger partial charge in [-0.3, -0.25) is 9.88 Å². The van der Waals surface area contributed by atoms with Crippen LogP contribution in [-0.4, -0.2) is 79.4 Å². The fraction of sp³-hybridized carbons (Fsp3) is 0.286. The third kappa shape index (κ3) is 5.31. The summed E-state index contributed by atoms with van der Waals surface area (Å²) in [5.74, 6) is 5.08. The molecule has 4 aromatic rings. The van der Waals surface area contributed by atoms with E-state index in [9.17, 15) is 14.7 Å². The highest BCUT2D eigenvalue weighted by Crippen LogP contribution is 2.40. The number of amides is 2. The standard InChI is InChI=1S/C28H25N7O7/c1-2-29-28(38)34-23-19-24(32-13-31-23)35(14-33-19)26-22-21(39-15-40-22)20(42-26)18(11-10-16-7-4-3-5-8-16)41-25-17(27(36)37)9-6-12-30-25/h3-9,12-14,18,20-22,26H,2,15H2,1H3,(H,36,37)(H2,29,31,32,34,38). The maximum Gasteiger partial charge on any atom is 0.341 e. The molecule has 3 N–H and O–H groups in total. The first-order valence-electron chi connectivity index (χ1n) is 13.1. The van der Waals surface area contributed by atoms with Crippen LogP contribution in [0.3, 0.4) is 0 Å². The van der Waals surface area contributed by atoms with Crippen molar-refractivity contribution in [2.75, 3.05) is 18.7 Å². The number of carbonyl (C=O) groups is 2. The van der Waals surface area contributed by atoms with Gasteiger partial charge in [-0.1, -0.05) is 30.0 Å². The molecule has 0 saturated carbocycles. The SMILES string of the molecule is CCNC(=O)Nc1ncnc2c1ncn2C1OC(C(C#Cc2ccccc2)Oc2ncccc2C(=O)O)C2OCOC21. The third-order valence-corrected chi connectivity index (χ3v) is 6.62. The van der Waals surface area contributed by atoms with Crippen LogP contribution in [0.15, 0.2) is 61.3 Å². The number of rotatable bonds is 7. The van der Waals surface area contributed by atoms with Gasteiger partial charge in [0.25, 0.3) is 0 Å². The Morgan fingerprint density at radius 1 is 1.12 bits per heavy atom. The Hall–Kier alpha value is -5.10. The summed E-state index contributed by atoms with van der Waals surface area (Å²) in [6.07, 6.45) is 0.427. The van der Waals surface area contributed by atoms with Crippen LogP contribution < -0.4 is 15.4 Å². The van der Waals surface area contributed by atoms with Gasteiger partial charge < -0.3 is 29.4 Å². The van der Waals surface area contributed by atoms with Gasteiger partial charge in [0.05, 0.1) is 6.33 Å². The van der Waals surface area contributed by atoms with Gasteiger partial charge in [-0.25, -0.2) is 29.5 Å². The molecular formula is C28H25N7O7. The minimum Gasteiger partial charge on any atom is -0.477 e. The van der Waals surface area contributed by atoms with Gasteiger partial charge >= 0.3 is 12.0 Å². The maximum atomic E-state index is 12.1. The Kier molecular flexibility index (Phi) is 7.60. The highest BCUT2D eigenvalue weighted by atomic mass is 16.7. The Balaban J connectivity index is 1.35. The molecule has 6 rings (SSSR count). The highest BCUT2D eigenvalue weighted by Gasteiger charge is 2.54. The number of pyridine rings is 1. The second-order valence-corrected chi connectivity index (χ2v) is 9.24. The molecule has 0 bridgehead atoms. The lowest BCUT2D eigenvalue weighted by Crippen LogP contribution is -2.40. The molecule has 0 radical (unpaired) electrons. The van der Waals surface area contributed by atoms with Crippen molar-refractivity contribution in [3.05, 3.63) is 72.4 Å². The number of carboxylic acids is 1. The molecule has 5 unspecified atom stereocenters. The van der Waals surface area contributed by atoms with Crippen molar-refractivity contribution < 1.29 is 33.6 Å². The molecule has 14 heteroatoms. The molecule has 5 heterocycles. The second-order valence-electron chi connectivity index (χ2n) is 9.24. The van der Waals surface area contributed by atoms with E-state index in [0.717, 1.165) is 5.56 Å². The molecule has 14 nitrogen and oxygen atoms in total. The van der Waals surface area contributed by atoms with Crippen LogP contribution in [0.5, 0.6) is 5.88 Å². The van der Waals surface area contributed by atoms with Gasteiger partial charge in [-0.05, 0) is 31.2 Å². The lowest BCUT2D eigenvalue weighted by Gasteiger charge is -2.23. The van der Waals surface area contributed by atoms with Crippen molar-refractivity contribution in [2.45, 2.75) is 37.6 Å². The number of carboxylic acid groups (broad SMARTS) is 1. The van der Waals surface area contributed by atoms with Gasteiger partial charge in [0.1, 0.15) is 37.0 Å². The third-order valence-electron chi connectivity index (χ3n) is 6.62. The minimum absolute atomic E-state index is 0.0000977. The van der Waals surface area contributed by atoms with Gasteiger partial charge in [0, 0.05) is 18.3 Å². The summed E-state index contributed by atoms with van der Waals surface area (Å²) in [7, 11) is 0. The van der Waals surface area contributed by atoms with Crippen LogP contribution >= 0.6 is 0 Å². The van der Waals surface area contributed by atoms with E-state index >= 15 is 0 Å². The van der Waals surface area contributed by atoms with Crippen LogP contribution in [0, 0.1) is 11.8 Å². The minimum atomic E-state index is -1.20. The lowest BCUT2D eigenvalue weighted by molar-refractivity contribution is -0.115. The number of nitrogens with zero attached hydrogens (tertiary/aromatic N) is 5. The van der Waals surface area contributed by atoms with E-state index in [2.05, 4.69) is 42.4 Å². The Labute approximate surface area is 239 Å². The average molecular weight is 572 g/mol. The molecule has 2 aliphatic heterocycles. The number of imidazole rings is 1. The van der Waals surface area contributed by atoms with E-state index in [0.29, 0.717) is 17.7 Å². The molecule has 5 atom stereocenters. The molecule has 2 fully saturated rings. The molecule has 42 heavy (non-hydrogen) atoms. The van der Waals surface area contributed by atoms with E-state index in [4.69, 9.17) is 18.9 Å². The highest BCUT2D eigenvalue weighted by molar-refractivity contribution is 5.95. The van der Waals surface area contributed by atoms with E-state index in [1.807, 2.05) is 30.3 Å². The molecule has 1 aromatic carbocycles. The number of urea groups is 1. The molecule has 2 aliphatic rings. The summed E-state index contributed by atoms with van der Waals surface area (Å²) < 4.78 is 26.1. The van der Waals surface area contributed by atoms with Crippen molar-refractivity contribution in [1.29, 1.82) is 0 Å². The fourth-order valence-electron chi connectivity index (χ4n) is 4.76. The smallest absolute Gasteiger partial charge is 0.341 e. The number of aromatic nitrogens is 5. The largest absolute Gasteiger partial charge is 0.477 e. The molecule has 214 valence electrons. The Morgan fingerprint density at radius 2 is 1.95 bits per heavy atom. The Morgan fingerprint density at radius 3 is 2.76 bits per heavy atom. The number of fused-ring (bicyclic) bond motifs is 2. The number of anilines is 1. The van der Waals surface area contributed by atoms with E-state index < -0.39 is 42.6 Å². The summed E-state index contributed by atoms with van der Waals surface area (Å²) in [6, 6.07) is 11.7. The van der Waals surface area contributed by atoms with Crippen LogP contribution in [0.4, 0.5) is 10.6 Å². The van der Waals surface area contributed by atoms with Crippen molar-refractivity contribution >= 4 is 29.0 Å². The van der Waals surface area contributed by atoms with Crippen molar-refractivity contribution in [3.63, 3.8) is 0 Å². The number of nitrogens with one attached hydrogen (secondary N) is 2. The first kappa shape index (κ1) is 27.1. The predicted molar refractivity (Wildman–Crippen MR) is 145 cm³/mol. The molecule has 0 spiro atoms. The summed E-state index contributed by atoms with van der Waals surface area (Å²) in [6.45, 7) is 2.24. The molecular weight excluding hydrogens is 546 g/mol. The second kappa shape index (κ2) is 11.8. The molecule has 2 saturated heterocycles. The summed E-state index contributed by atoms with van der Waals surface area (Å²) >= 11 is 0. The lowest BCUT2D eigenvalue weighted by atomic mass is 10.0. The number of ether oxygens (including phenoxy) is 4. The normalized spacial score (nSPS) is 21.6. The first-order chi connectivity index (χ1) is 20.5. The van der Waals surface area contributed by atoms with Crippen molar-refractivity contribution in [2.24, 2.45) is 0 Å². The number of benzene rings is 1. The molecule has 0 aliphatic carbocycles. The van der Waals surface area contributed by atoms with Crippen molar-refractivity contribution in [1.82, 2.24) is 29.8 Å². The van der Waals surface area contributed by atoms with Crippen LogP contribution in [0.2, 0.25) is 0 Å². The number of hydrogen-bond acceptors (Lipinski definition) is 10. The molecule has 2 amide bonds. The van der Waals surface area contributed by atoms with Crippen LogP contribution in [0.25, 0.3) is 11.2 Å². The predicted octanol–water partition coefficient (Wildman–Crippen LogP) is 2.20. The van der Waals surface area contributed by atoms with E-state index in [1.165, 1.54) is 31.0 Å². The van der Waals surface area contributed by atoms with Gasteiger partial charge in [-0.15, -0.1) is 0 Å². The van der Waals surface area contributed by atoms with Gasteiger partial charge in [0.15, 0.2) is 29.3 Å². The first-order valence-corrected chi connectivity index (χ1v) is 13.1. The number of carbonyl (C=O) groups excluding carboxylic acids is 1. The molecule has 3 aromatic heterocycles. The average Bonchev–Trinajstić information content (AvgIpc) is 3.72.